The van der Waals surface area contributed by atoms with E-state index in [0.717, 1.165) is 0 Å². The van der Waals surface area contributed by atoms with E-state index in [2.05, 4.69) is 0 Å². The number of esters is 2. The van der Waals surface area contributed by atoms with Crippen molar-refractivity contribution in [3.05, 3.63) is 11.8 Å². The van der Waals surface area contributed by atoms with Crippen LogP contribution >= 0.6 is 0 Å². The van der Waals surface area contributed by atoms with Gasteiger partial charge in [0.1, 0.15) is 11.2 Å². The lowest BCUT2D eigenvalue weighted by Gasteiger charge is -2.20. The van der Waals surface area contributed by atoms with Gasteiger partial charge >= 0.3 is 11.9 Å². The topological polar surface area (TPSA) is 72.8 Å². The third-order valence-corrected chi connectivity index (χ3v) is 1.27. The molecule has 0 heterocycles. The van der Waals surface area contributed by atoms with Crippen LogP contribution in [-0.4, -0.2) is 28.2 Å². The summed E-state index contributed by atoms with van der Waals surface area (Å²) < 4.78 is 9.77. The van der Waals surface area contributed by atoms with E-state index in [0.29, 0.717) is 6.08 Å². The summed E-state index contributed by atoms with van der Waals surface area (Å²) in [6, 6.07) is 0. The molecule has 0 aromatic heterocycles. The lowest BCUT2D eigenvalue weighted by Crippen LogP contribution is -2.26. The predicted molar refractivity (Wildman–Crippen MR) is 62.4 cm³/mol. The molecule has 0 rings (SSSR count). The van der Waals surface area contributed by atoms with E-state index < -0.39 is 28.9 Å². The Morgan fingerprint density at radius 1 is 0.941 bits per heavy atom. The van der Waals surface area contributed by atoms with Crippen LogP contribution in [0.5, 0.6) is 0 Å². The zero-order valence-corrected chi connectivity index (χ0v) is 11.2. The number of hydrogen-bond donors (Lipinski definition) is 1. The van der Waals surface area contributed by atoms with E-state index in [1.165, 1.54) is 0 Å². The fourth-order valence-electron chi connectivity index (χ4n) is 0.832. The highest BCUT2D eigenvalue weighted by molar-refractivity contribution is 5.94. The lowest BCUT2D eigenvalue weighted by atomic mass is 10.2. The molecular formula is C12H20O5. The Morgan fingerprint density at radius 2 is 1.35 bits per heavy atom. The van der Waals surface area contributed by atoms with Crippen molar-refractivity contribution in [2.24, 2.45) is 0 Å². The number of aliphatic hydroxyl groups is 1. The van der Waals surface area contributed by atoms with Crippen LogP contribution in [0.15, 0.2) is 11.8 Å². The average molecular weight is 244 g/mol. The van der Waals surface area contributed by atoms with Gasteiger partial charge in [0.15, 0.2) is 0 Å². The van der Waals surface area contributed by atoms with Crippen LogP contribution in [-0.2, 0) is 19.1 Å². The summed E-state index contributed by atoms with van der Waals surface area (Å²) in [5.41, 5.74) is -1.41. The van der Waals surface area contributed by atoms with E-state index in [1.54, 1.807) is 41.5 Å². The number of carbonyl (C=O) groups excluding carboxylic acids is 2. The van der Waals surface area contributed by atoms with E-state index >= 15 is 0 Å². The van der Waals surface area contributed by atoms with Crippen LogP contribution in [0.2, 0.25) is 0 Å². The first-order chi connectivity index (χ1) is 7.41. The molecule has 5 heteroatoms. The molecule has 0 aliphatic heterocycles. The second-order valence-corrected chi connectivity index (χ2v) is 5.56. The Bertz CT molecular complexity index is 328. The van der Waals surface area contributed by atoms with Crippen molar-refractivity contribution in [1.82, 2.24) is 0 Å². The van der Waals surface area contributed by atoms with Gasteiger partial charge in [0.25, 0.3) is 0 Å². The van der Waals surface area contributed by atoms with Crippen molar-refractivity contribution >= 4 is 11.9 Å². The second kappa shape index (κ2) is 5.21. The molecule has 0 spiro atoms. The van der Waals surface area contributed by atoms with Crippen LogP contribution < -0.4 is 0 Å². The van der Waals surface area contributed by atoms with E-state index in [1.807, 2.05) is 0 Å². The monoisotopic (exact) mass is 244 g/mol. The van der Waals surface area contributed by atoms with Crippen molar-refractivity contribution in [2.45, 2.75) is 52.7 Å². The van der Waals surface area contributed by atoms with Crippen molar-refractivity contribution in [1.29, 1.82) is 0 Å². The summed E-state index contributed by atoms with van der Waals surface area (Å²) in [7, 11) is 0. The van der Waals surface area contributed by atoms with Crippen molar-refractivity contribution < 1.29 is 24.2 Å². The number of aliphatic hydroxyl groups excluding tert-OH is 1. The van der Waals surface area contributed by atoms with Gasteiger partial charge < -0.3 is 14.6 Å². The molecule has 0 saturated carbocycles. The third kappa shape index (κ3) is 8.30. The molecular weight excluding hydrogens is 224 g/mol. The first-order valence-electron chi connectivity index (χ1n) is 5.28. The van der Waals surface area contributed by atoms with Gasteiger partial charge in [-0.15, -0.1) is 0 Å². The molecule has 0 radical (unpaired) electrons. The minimum Gasteiger partial charge on any atom is -0.502 e. The van der Waals surface area contributed by atoms with Crippen molar-refractivity contribution in [2.75, 3.05) is 0 Å². The molecule has 17 heavy (non-hydrogen) atoms. The standard InChI is InChI=1S/C12H20O5/c1-11(2,3)16-9(14)7-8(13)10(15)17-12(4,5)6/h7,13H,1-6H3/b8-7-. The first kappa shape index (κ1) is 15.5. The molecule has 0 saturated heterocycles. The summed E-state index contributed by atoms with van der Waals surface area (Å²) in [6.45, 7) is 10.0. The summed E-state index contributed by atoms with van der Waals surface area (Å²) >= 11 is 0. The highest BCUT2D eigenvalue weighted by Crippen LogP contribution is 2.11. The highest BCUT2D eigenvalue weighted by Gasteiger charge is 2.21. The van der Waals surface area contributed by atoms with Gasteiger partial charge in [0.05, 0.1) is 6.08 Å². The molecule has 0 atom stereocenters. The van der Waals surface area contributed by atoms with Crippen LogP contribution in [0.1, 0.15) is 41.5 Å². The van der Waals surface area contributed by atoms with Crippen LogP contribution in [0, 0.1) is 0 Å². The highest BCUT2D eigenvalue weighted by atomic mass is 16.6. The first-order valence-corrected chi connectivity index (χ1v) is 5.28. The molecule has 0 fully saturated rings. The summed E-state index contributed by atoms with van der Waals surface area (Å²) in [6.07, 6.45) is 0.708. The quantitative estimate of drug-likeness (QED) is 0.457. The molecule has 0 amide bonds. The Balaban J connectivity index is 4.55. The van der Waals surface area contributed by atoms with Crippen LogP contribution in [0.3, 0.4) is 0 Å². The van der Waals surface area contributed by atoms with Gasteiger partial charge in [0, 0.05) is 0 Å². The molecule has 0 aromatic carbocycles. The van der Waals surface area contributed by atoms with Crippen molar-refractivity contribution in [3.8, 4) is 0 Å². The van der Waals surface area contributed by atoms with Gasteiger partial charge in [-0.05, 0) is 41.5 Å². The lowest BCUT2D eigenvalue weighted by molar-refractivity contribution is -0.155. The fourth-order valence-corrected chi connectivity index (χ4v) is 0.832. The van der Waals surface area contributed by atoms with Crippen LogP contribution in [0.4, 0.5) is 0 Å². The minimum absolute atomic E-state index is 0.679. The molecule has 0 bridgehead atoms. The molecule has 98 valence electrons. The number of ether oxygens (including phenoxy) is 2. The zero-order chi connectivity index (χ0) is 13.9. The number of rotatable bonds is 2. The Morgan fingerprint density at radius 3 is 1.71 bits per heavy atom. The second-order valence-electron chi connectivity index (χ2n) is 5.56. The number of hydrogen-bond acceptors (Lipinski definition) is 5. The van der Waals surface area contributed by atoms with Gasteiger partial charge in [-0.25, -0.2) is 9.59 Å². The van der Waals surface area contributed by atoms with E-state index in [-0.39, 0.29) is 0 Å². The van der Waals surface area contributed by atoms with Gasteiger partial charge in [-0.2, -0.15) is 0 Å². The Labute approximate surface area is 101 Å². The SMILES string of the molecule is CC(C)(C)OC(=O)/C=C(\O)C(=O)OC(C)(C)C. The van der Waals surface area contributed by atoms with Crippen LogP contribution in [0.25, 0.3) is 0 Å². The molecule has 0 aliphatic rings. The van der Waals surface area contributed by atoms with Gasteiger partial charge in [0.2, 0.25) is 5.76 Å². The average Bonchev–Trinajstić information content (AvgIpc) is 1.95. The molecule has 0 aliphatic carbocycles. The maximum atomic E-state index is 11.3. The van der Waals surface area contributed by atoms with E-state index in [4.69, 9.17) is 9.47 Å². The van der Waals surface area contributed by atoms with Gasteiger partial charge in [-0.3, -0.25) is 0 Å². The molecule has 5 nitrogen and oxygen atoms in total. The maximum absolute atomic E-state index is 11.3. The van der Waals surface area contributed by atoms with Gasteiger partial charge in [-0.1, -0.05) is 0 Å². The van der Waals surface area contributed by atoms with E-state index in [9.17, 15) is 14.7 Å². The third-order valence-electron chi connectivity index (χ3n) is 1.27. The summed E-state index contributed by atoms with van der Waals surface area (Å²) in [4.78, 5) is 22.6. The fraction of sp³-hybridized carbons (Fsp3) is 0.667. The zero-order valence-electron chi connectivity index (χ0n) is 11.2. The molecule has 0 unspecified atom stereocenters. The Hall–Kier alpha value is -1.52. The van der Waals surface area contributed by atoms with Crippen molar-refractivity contribution in [3.63, 3.8) is 0 Å². The smallest absolute Gasteiger partial charge is 0.374 e. The summed E-state index contributed by atoms with van der Waals surface area (Å²) in [5, 5.41) is 9.33. The summed E-state index contributed by atoms with van der Waals surface area (Å²) in [5.74, 6) is -2.52. The number of carbonyl (C=O) groups is 2. The largest absolute Gasteiger partial charge is 0.502 e. The molecule has 0 aromatic rings. The molecule has 1 N–H and O–H groups in total. The maximum Gasteiger partial charge on any atom is 0.374 e. The minimum atomic E-state index is -0.955. The predicted octanol–water partition coefficient (Wildman–Crippen LogP) is 2.11. The normalized spacial score (nSPS) is 13.2. The Kier molecular flexibility index (Phi) is 4.74.